The molecule has 1 fully saturated rings. The number of aryl methyl sites for hydroxylation is 1. The monoisotopic (exact) mass is 501 g/mol. The summed E-state index contributed by atoms with van der Waals surface area (Å²) in [5, 5.41) is 19.8. The summed E-state index contributed by atoms with van der Waals surface area (Å²) < 4.78 is 2.64. The van der Waals surface area contributed by atoms with Gasteiger partial charge >= 0.3 is 0 Å². The average Bonchev–Trinajstić information content (AvgIpc) is 3.44. The number of aromatic amines is 2. The van der Waals surface area contributed by atoms with Crippen LogP contribution in [-0.2, 0) is 12.8 Å². The van der Waals surface area contributed by atoms with E-state index in [1.54, 1.807) is 0 Å². The van der Waals surface area contributed by atoms with Gasteiger partial charge in [-0.05, 0) is 25.1 Å². The Labute approximate surface area is 212 Å². The van der Waals surface area contributed by atoms with Gasteiger partial charge in [-0.25, -0.2) is 9.97 Å². The number of piperazine rings is 1. The van der Waals surface area contributed by atoms with E-state index >= 15 is 0 Å². The van der Waals surface area contributed by atoms with Crippen molar-refractivity contribution in [2.75, 3.05) is 43.4 Å². The van der Waals surface area contributed by atoms with Crippen molar-refractivity contribution in [1.82, 2.24) is 29.4 Å². The summed E-state index contributed by atoms with van der Waals surface area (Å²) >= 11 is 1.22. The van der Waals surface area contributed by atoms with E-state index < -0.39 is 0 Å². The van der Waals surface area contributed by atoms with E-state index in [1.165, 1.54) is 11.5 Å². The molecule has 36 heavy (non-hydrogen) atoms. The van der Waals surface area contributed by atoms with Crippen LogP contribution < -0.4 is 15.8 Å². The van der Waals surface area contributed by atoms with E-state index in [2.05, 4.69) is 36.7 Å². The standard InChI is InChI=1S/C25H27N9OS/c1-16-11-23(31-30-16)28-22-14-24(34-9-7-33(2)8-10-34)29-21(27-22)13-18-5-3-17(4-6-18)12-20-19(15-26)25(35)32-36-20/h3-6,11,14H,7-10,12-13H2,1-2H3,(H,32,35)(H2,27,28,29,30,31). The molecule has 3 aromatic heterocycles. The minimum atomic E-state index is -0.319. The maximum absolute atomic E-state index is 11.7. The Morgan fingerprint density at radius 2 is 1.78 bits per heavy atom. The normalized spacial score (nSPS) is 14.1. The maximum atomic E-state index is 11.7. The third kappa shape index (κ3) is 5.45. The molecule has 11 heteroatoms. The lowest BCUT2D eigenvalue weighted by molar-refractivity contribution is 0.312. The molecule has 0 saturated carbocycles. The second kappa shape index (κ2) is 10.3. The minimum Gasteiger partial charge on any atom is -0.354 e. The van der Waals surface area contributed by atoms with Gasteiger partial charge in [-0.15, -0.1) is 0 Å². The quantitative estimate of drug-likeness (QED) is 0.353. The molecule has 0 radical (unpaired) electrons. The Bertz CT molecular complexity index is 1440. The van der Waals surface area contributed by atoms with Gasteiger partial charge < -0.3 is 15.1 Å². The highest BCUT2D eigenvalue weighted by atomic mass is 32.1. The molecular formula is C25H27N9OS. The molecule has 0 bridgehead atoms. The number of rotatable bonds is 7. The predicted octanol–water partition coefficient (Wildman–Crippen LogP) is 2.81. The molecule has 1 aliphatic heterocycles. The van der Waals surface area contributed by atoms with Crippen LogP contribution in [0.2, 0.25) is 0 Å². The molecular weight excluding hydrogens is 474 g/mol. The molecule has 4 heterocycles. The summed E-state index contributed by atoms with van der Waals surface area (Å²) in [6.45, 7) is 5.77. The van der Waals surface area contributed by atoms with Crippen LogP contribution in [0.5, 0.6) is 0 Å². The van der Waals surface area contributed by atoms with Crippen molar-refractivity contribution in [3.8, 4) is 6.07 Å². The second-order valence-corrected chi connectivity index (χ2v) is 9.89. The van der Waals surface area contributed by atoms with Crippen molar-refractivity contribution in [3.05, 3.63) is 79.8 Å². The van der Waals surface area contributed by atoms with Gasteiger partial charge in [0.05, 0.1) is 0 Å². The Balaban J connectivity index is 1.36. The Morgan fingerprint density at radius 3 is 2.44 bits per heavy atom. The number of likely N-dealkylation sites (N-methyl/N-ethyl adjacent to an activating group) is 1. The molecule has 3 N–H and O–H groups in total. The molecule has 1 aromatic carbocycles. The number of hydrogen-bond acceptors (Lipinski definition) is 9. The zero-order valence-electron chi connectivity index (χ0n) is 20.2. The van der Waals surface area contributed by atoms with Gasteiger partial charge in [0.1, 0.15) is 29.1 Å². The van der Waals surface area contributed by atoms with Crippen LogP contribution in [0.3, 0.4) is 0 Å². The van der Waals surface area contributed by atoms with Crippen LogP contribution in [0, 0.1) is 18.3 Å². The number of hydrogen-bond donors (Lipinski definition) is 3. The van der Waals surface area contributed by atoms with Gasteiger partial charge in [-0.2, -0.15) is 10.4 Å². The summed E-state index contributed by atoms with van der Waals surface area (Å²) in [7, 11) is 2.14. The van der Waals surface area contributed by atoms with Crippen molar-refractivity contribution in [3.63, 3.8) is 0 Å². The number of nitrogens with one attached hydrogen (secondary N) is 3. The number of nitriles is 1. The molecule has 0 atom stereocenters. The van der Waals surface area contributed by atoms with Crippen LogP contribution in [0.25, 0.3) is 0 Å². The largest absolute Gasteiger partial charge is 0.354 e. The summed E-state index contributed by atoms with van der Waals surface area (Å²) in [4.78, 5) is 26.8. The van der Waals surface area contributed by atoms with Crippen molar-refractivity contribution in [1.29, 1.82) is 5.26 Å². The average molecular weight is 502 g/mol. The molecule has 0 unspecified atom stereocenters. The molecule has 0 amide bonds. The number of nitrogens with zero attached hydrogens (tertiary/aromatic N) is 6. The van der Waals surface area contributed by atoms with Gasteiger partial charge in [0.15, 0.2) is 5.82 Å². The van der Waals surface area contributed by atoms with Gasteiger partial charge in [0, 0.05) is 61.7 Å². The summed E-state index contributed by atoms with van der Waals surface area (Å²) in [6, 6.07) is 14.1. The van der Waals surface area contributed by atoms with E-state index in [-0.39, 0.29) is 11.1 Å². The van der Waals surface area contributed by atoms with Crippen molar-refractivity contribution < 1.29 is 0 Å². The molecule has 4 aromatic rings. The first-order valence-corrected chi connectivity index (χ1v) is 12.6. The van der Waals surface area contributed by atoms with Gasteiger partial charge in [-0.1, -0.05) is 35.8 Å². The van der Waals surface area contributed by atoms with Crippen molar-refractivity contribution in [2.24, 2.45) is 0 Å². The van der Waals surface area contributed by atoms with E-state index in [0.717, 1.165) is 65.3 Å². The summed E-state index contributed by atoms with van der Waals surface area (Å²) in [6.07, 6.45) is 1.12. The Morgan fingerprint density at radius 1 is 1.06 bits per heavy atom. The maximum Gasteiger partial charge on any atom is 0.276 e. The molecule has 0 spiro atoms. The van der Waals surface area contributed by atoms with Crippen molar-refractivity contribution >= 4 is 29.0 Å². The molecule has 1 aliphatic rings. The van der Waals surface area contributed by atoms with E-state index in [9.17, 15) is 10.1 Å². The molecule has 184 valence electrons. The first kappa shape index (κ1) is 23.7. The van der Waals surface area contributed by atoms with Crippen LogP contribution in [0.15, 0.2) is 41.2 Å². The van der Waals surface area contributed by atoms with Crippen LogP contribution in [0.4, 0.5) is 17.5 Å². The summed E-state index contributed by atoms with van der Waals surface area (Å²) in [5.74, 6) is 3.06. The zero-order valence-corrected chi connectivity index (χ0v) is 21.0. The fourth-order valence-corrected chi connectivity index (χ4v) is 4.95. The Hall–Kier alpha value is -4.01. The number of benzene rings is 1. The zero-order chi connectivity index (χ0) is 25.1. The first-order valence-electron chi connectivity index (χ1n) is 11.8. The lowest BCUT2D eigenvalue weighted by Crippen LogP contribution is -2.44. The fraction of sp³-hybridized carbons (Fsp3) is 0.320. The van der Waals surface area contributed by atoms with E-state index in [1.807, 2.05) is 49.4 Å². The molecule has 1 saturated heterocycles. The number of anilines is 3. The topological polar surface area (TPSA) is 130 Å². The molecule has 0 aliphatic carbocycles. The van der Waals surface area contributed by atoms with Gasteiger partial charge in [0.2, 0.25) is 0 Å². The van der Waals surface area contributed by atoms with Crippen LogP contribution in [-0.4, -0.2) is 62.7 Å². The van der Waals surface area contributed by atoms with Crippen LogP contribution >= 0.6 is 11.5 Å². The van der Waals surface area contributed by atoms with E-state index in [0.29, 0.717) is 18.7 Å². The highest BCUT2D eigenvalue weighted by Crippen LogP contribution is 2.22. The fourth-order valence-electron chi connectivity index (χ4n) is 4.15. The lowest BCUT2D eigenvalue weighted by atomic mass is 10.0. The minimum absolute atomic E-state index is 0.199. The molecule has 10 nitrogen and oxygen atoms in total. The molecule has 5 rings (SSSR count). The number of H-pyrrole nitrogens is 2. The Kier molecular flexibility index (Phi) is 6.79. The summed E-state index contributed by atoms with van der Waals surface area (Å²) in [5.41, 5.74) is 2.97. The number of aromatic nitrogens is 5. The van der Waals surface area contributed by atoms with Crippen LogP contribution in [0.1, 0.15) is 33.1 Å². The highest BCUT2D eigenvalue weighted by molar-refractivity contribution is 7.05. The second-order valence-electron chi connectivity index (χ2n) is 8.99. The third-order valence-corrected chi connectivity index (χ3v) is 7.07. The van der Waals surface area contributed by atoms with Crippen molar-refractivity contribution in [2.45, 2.75) is 19.8 Å². The van der Waals surface area contributed by atoms with E-state index in [4.69, 9.17) is 9.97 Å². The van der Waals surface area contributed by atoms with Gasteiger partial charge in [-0.3, -0.25) is 14.3 Å². The van der Waals surface area contributed by atoms with Gasteiger partial charge in [0.25, 0.3) is 5.56 Å². The smallest absolute Gasteiger partial charge is 0.276 e. The lowest BCUT2D eigenvalue weighted by Gasteiger charge is -2.33. The highest BCUT2D eigenvalue weighted by Gasteiger charge is 2.18. The predicted molar refractivity (Wildman–Crippen MR) is 140 cm³/mol. The SMILES string of the molecule is Cc1cc(Nc2cc(N3CCN(C)CC3)nc(Cc3ccc(Cc4s[nH]c(=O)c4C#N)cc3)n2)n[nH]1. The third-order valence-electron chi connectivity index (χ3n) is 6.18. The first-order chi connectivity index (χ1) is 17.5.